The van der Waals surface area contributed by atoms with Gasteiger partial charge in [0.05, 0.1) is 22.4 Å². The van der Waals surface area contributed by atoms with Crippen molar-refractivity contribution >= 4 is 23.5 Å². The predicted octanol–water partition coefficient (Wildman–Crippen LogP) is 4.64. The number of fused-ring (bicyclic) bond motifs is 1. The molecule has 1 fully saturated rings. The fraction of sp³-hybridized carbons (Fsp3) is 0.636. The van der Waals surface area contributed by atoms with Gasteiger partial charge in [0.2, 0.25) is 0 Å². The summed E-state index contributed by atoms with van der Waals surface area (Å²) in [4.78, 5) is 9.77. The van der Waals surface area contributed by atoms with Gasteiger partial charge in [-0.1, -0.05) is 39.8 Å². The molecule has 2 heterocycles. The maximum atomic E-state index is 6.22. The summed E-state index contributed by atoms with van der Waals surface area (Å²) in [5.41, 5.74) is 2.46. The maximum absolute atomic E-state index is 6.22. The van der Waals surface area contributed by atoms with Gasteiger partial charge in [-0.2, -0.15) is 0 Å². The molecule has 1 saturated heterocycles. The number of aryl methyl sites for hydroxylation is 1. The minimum Gasteiger partial charge on any atom is -0.399 e. The zero-order valence-electron chi connectivity index (χ0n) is 18.1. The van der Waals surface area contributed by atoms with Crippen LogP contribution in [0.2, 0.25) is 0 Å². The third-order valence-corrected chi connectivity index (χ3v) is 5.94. The molecule has 2 aromatic rings. The van der Waals surface area contributed by atoms with E-state index in [1.807, 2.05) is 0 Å². The van der Waals surface area contributed by atoms with Crippen LogP contribution in [0.25, 0.3) is 10.9 Å². The molecule has 0 amide bonds. The number of benzene rings is 1. The zero-order chi connectivity index (χ0) is 20.0. The molecule has 0 radical (unpaired) electrons. The Balaban J connectivity index is 1.99. The number of rotatable bonds is 5. The molecule has 0 bridgehead atoms. The molecule has 1 aromatic carbocycles. The van der Waals surface area contributed by atoms with Crippen LogP contribution < -0.4 is 5.46 Å². The summed E-state index contributed by atoms with van der Waals surface area (Å²) < 4.78 is 12.4. The first kappa shape index (κ1) is 20.3. The van der Waals surface area contributed by atoms with Crippen LogP contribution in [0.4, 0.5) is 0 Å². The van der Waals surface area contributed by atoms with Crippen LogP contribution in [0.3, 0.4) is 0 Å². The smallest absolute Gasteiger partial charge is 0.399 e. The van der Waals surface area contributed by atoms with Gasteiger partial charge in [-0.3, -0.25) is 0 Å². The quantitative estimate of drug-likeness (QED) is 0.721. The van der Waals surface area contributed by atoms with Crippen molar-refractivity contribution < 1.29 is 9.31 Å². The molecule has 1 aromatic heterocycles. The van der Waals surface area contributed by atoms with Gasteiger partial charge in [-0.05, 0) is 58.0 Å². The van der Waals surface area contributed by atoms with E-state index < -0.39 is 0 Å². The van der Waals surface area contributed by atoms with Gasteiger partial charge in [-0.25, -0.2) is 9.97 Å². The first-order valence-electron chi connectivity index (χ1n) is 10.2. The first-order valence-corrected chi connectivity index (χ1v) is 10.2. The molecule has 1 unspecified atom stereocenters. The molecule has 0 N–H and O–H groups in total. The van der Waals surface area contributed by atoms with Crippen molar-refractivity contribution in [3.05, 3.63) is 29.7 Å². The molecule has 0 aliphatic carbocycles. The summed E-state index contributed by atoms with van der Waals surface area (Å²) >= 11 is 0. The van der Waals surface area contributed by atoms with Crippen molar-refractivity contribution in [2.45, 2.75) is 85.4 Å². The third kappa shape index (κ3) is 3.90. The molecule has 1 aliphatic heterocycles. The van der Waals surface area contributed by atoms with Crippen molar-refractivity contribution in [3.8, 4) is 0 Å². The van der Waals surface area contributed by atoms with Crippen LogP contribution in [0.5, 0.6) is 0 Å². The van der Waals surface area contributed by atoms with E-state index in [0.717, 1.165) is 40.7 Å². The van der Waals surface area contributed by atoms with E-state index in [9.17, 15) is 0 Å². The van der Waals surface area contributed by atoms with Gasteiger partial charge < -0.3 is 9.31 Å². The molecular weight excluding hydrogens is 335 g/mol. The highest BCUT2D eigenvalue weighted by Gasteiger charge is 2.51. The summed E-state index contributed by atoms with van der Waals surface area (Å²) in [7, 11) is -0.358. The molecule has 1 aliphatic rings. The fourth-order valence-electron chi connectivity index (χ4n) is 3.66. The Kier molecular flexibility index (Phi) is 5.39. The van der Waals surface area contributed by atoms with E-state index >= 15 is 0 Å². The summed E-state index contributed by atoms with van der Waals surface area (Å²) in [5, 5.41) is 1.10. The lowest BCUT2D eigenvalue weighted by Gasteiger charge is -2.32. The van der Waals surface area contributed by atoms with Crippen LogP contribution >= 0.6 is 0 Å². The SMILES string of the molecule is CCc1nc(C(C)CC(C)C)nc2ccc(B3OC(C)(C)C(C)(C)O3)cc12. The fourth-order valence-corrected chi connectivity index (χ4v) is 3.66. The van der Waals surface area contributed by atoms with Gasteiger partial charge in [0.15, 0.2) is 0 Å². The van der Waals surface area contributed by atoms with Crippen molar-refractivity contribution in [2.24, 2.45) is 5.92 Å². The highest BCUT2D eigenvalue weighted by atomic mass is 16.7. The molecule has 3 rings (SSSR count). The topological polar surface area (TPSA) is 44.2 Å². The van der Waals surface area contributed by atoms with Gasteiger partial charge in [0.25, 0.3) is 0 Å². The summed E-state index contributed by atoms with van der Waals surface area (Å²) in [6.45, 7) is 17.2. The number of aromatic nitrogens is 2. The second kappa shape index (κ2) is 7.18. The van der Waals surface area contributed by atoms with Gasteiger partial charge >= 0.3 is 7.12 Å². The molecular formula is C22H33BN2O2. The van der Waals surface area contributed by atoms with E-state index in [4.69, 9.17) is 19.3 Å². The molecule has 4 nitrogen and oxygen atoms in total. The lowest BCUT2D eigenvalue weighted by molar-refractivity contribution is 0.00578. The zero-order valence-corrected chi connectivity index (χ0v) is 18.1. The van der Waals surface area contributed by atoms with E-state index in [0.29, 0.717) is 11.8 Å². The summed E-state index contributed by atoms with van der Waals surface area (Å²) in [6.07, 6.45) is 1.98. The second-order valence-corrected chi connectivity index (χ2v) is 9.28. The third-order valence-electron chi connectivity index (χ3n) is 5.94. The molecule has 0 spiro atoms. The van der Waals surface area contributed by atoms with Crippen molar-refractivity contribution in [1.82, 2.24) is 9.97 Å². The minimum absolute atomic E-state index is 0.340. The highest BCUT2D eigenvalue weighted by molar-refractivity contribution is 6.62. The van der Waals surface area contributed by atoms with E-state index in [1.54, 1.807) is 0 Å². The normalized spacial score (nSPS) is 19.8. The summed E-state index contributed by atoms with van der Waals surface area (Å²) in [5.74, 6) is 1.95. The predicted molar refractivity (Wildman–Crippen MR) is 113 cm³/mol. The lowest BCUT2D eigenvalue weighted by atomic mass is 9.78. The lowest BCUT2D eigenvalue weighted by Crippen LogP contribution is -2.41. The maximum Gasteiger partial charge on any atom is 0.494 e. The van der Waals surface area contributed by atoms with Crippen molar-refractivity contribution in [1.29, 1.82) is 0 Å². The van der Waals surface area contributed by atoms with E-state index in [-0.39, 0.29) is 18.3 Å². The Hall–Kier alpha value is -1.46. The standard InChI is InChI=1S/C22H33BN2O2/c1-9-18-17-13-16(23-26-21(5,6)22(7,8)27-23)10-11-19(17)25-20(24-18)15(4)12-14(2)3/h10-11,13-15H,9,12H2,1-8H3. The Morgan fingerprint density at radius 1 is 1.00 bits per heavy atom. The molecule has 0 saturated carbocycles. The van der Waals surface area contributed by atoms with Crippen LogP contribution in [0.1, 0.15) is 79.2 Å². The van der Waals surface area contributed by atoms with Crippen molar-refractivity contribution in [3.63, 3.8) is 0 Å². The average molecular weight is 368 g/mol. The van der Waals surface area contributed by atoms with Crippen LogP contribution in [-0.4, -0.2) is 28.3 Å². The minimum atomic E-state index is -0.358. The molecule has 146 valence electrons. The average Bonchev–Trinajstić information content (AvgIpc) is 2.80. The molecule has 1 atom stereocenters. The monoisotopic (exact) mass is 368 g/mol. The Labute approximate surface area is 164 Å². The first-order chi connectivity index (χ1) is 12.5. The Morgan fingerprint density at radius 3 is 2.19 bits per heavy atom. The Morgan fingerprint density at radius 2 is 1.63 bits per heavy atom. The number of nitrogens with zero attached hydrogens (tertiary/aromatic N) is 2. The van der Waals surface area contributed by atoms with Crippen molar-refractivity contribution in [2.75, 3.05) is 0 Å². The molecule has 5 heteroatoms. The van der Waals surface area contributed by atoms with Gasteiger partial charge in [0, 0.05) is 11.3 Å². The number of hydrogen-bond donors (Lipinski definition) is 0. The van der Waals surface area contributed by atoms with Gasteiger partial charge in [-0.15, -0.1) is 0 Å². The Bertz CT molecular complexity index is 816. The second-order valence-electron chi connectivity index (χ2n) is 9.28. The van der Waals surface area contributed by atoms with Crippen LogP contribution in [0, 0.1) is 5.92 Å². The summed E-state index contributed by atoms with van der Waals surface area (Å²) in [6, 6.07) is 6.31. The van der Waals surface area contributed by atoms with Crippen LogP contribution in [0.15, 0.2) is 18.2 Å². The van der Waals surface area contributed by atoms with Gasteiger partial charge in [0.1, 0.15) is 5.82 Å². The molecule has 27 heavy (non-hydrogen) atoms. The highest BCUT2D eigenvalue weighted by Crippen LogP contribution is 2.36. The van der Waals surface area contributed by atoms with Crippen LogP contribution in [-0.2, 0) is 15.7 Å². The largest absolute Gasteiger partial charge is 0.494 e. The number of hydrogen-bond acceptors (Lipinski definition) is 4. The van der Waals surface area contributed by atoms with E-state index in [1.165, 1.54) is 0 Å². The van der Waals surface area contributed by atoms with E-state index in [2.05, 4.69) is 73.6 Å².